The molecule has 1 aromatic rings. The highest BCUT2D eigenvalue weighted by atomic mass is 32.1. The molecule has 11 heteroatoms. The molecule has 0 atom stereocenters. The van der Waals surface area contributed by atoms with Crippen LogP contribution in [0, 0.1) is 0 Å². The van der Waals surface area contributed by atoms with Gasteiger partial charge in [-0.25, -0.2) is 4.63 Å². The minimum atomic E-state index is -0.475. The fraction of sp³-hybridized carbons (Fsp3) is 0.625. The summed E-state index contributed by atoms with van der Waals surface area (Å²) in [6.07, 6.45) is 6.31. The van der Waals surface area contributed by atoms with Crippen molar-refractivity contribution in [3.8, 4) is 0 Å². The van der Waals surface area contributed by atoms with Gasteiger partial charge in [0, 0.05) is 26.2 Å². The second-order valence-corrected chi connectivity index (χ2v) is 7.35. The molecule has 0 unspecified atom stereocenters. The van der Waals surface area contributed by atoms with Gasteiger partial charge in [0.2, 0.25) is 11.6 Å². The van der Waals surface area contributed by atoms with Crippen molar-refractivity contribution in [2.75, 3.05) is 36.8 Å². The molecule has 0 radical (unpaired) electrons. The van der Waals surface area contributed by atoms with Crippen LogP contribution < -0.4 is 10.6 Å². The van der Waals surface area contributed by atoms with E-state index in [0.29, 0.717) is 0 Å². The lowest BCUT2D eigenvalue weighted by Gasteiger charge is -2.28. The summed E-state index contributed by atoms with van der Waals surface area (Å²) < 4.78 is 4.65. The number of anilines is 2. The Hall–Kier alpha value is -2.14. The summed E-state index contributed by atoms with van der Waals surface area (Å²) in [5, 5.41) is 12.4. The van der Waals surface area contributed by atoms with E-state index in [0.717, 1.165) is 64.7 Å². The molecule has 0 bridgehead atoms. The maximum absolute atomic E-state index is 12.4. The topological polar surface area (TPSA) is 104 Å². The van der Waals surface area contributed by atoms with Gasteiger partial charge in [-0.05, 0) is 48.8 Å². The summed E-state index contributed by atoms with van der Waals surface area (Å²) in [6, 6.07) is 0. The lowest BCUT2D eigenvalue weighted by atomic mass is 10.1. The fourth-order valence-electron chi connectivity index (χ4n) is 3.16. The molecule has 3 heterocycles. The first-order valence-electron chi connectivity index (χ1n) is 9.09. The van der Waals surface area contributed by atoms with Crippen LogP contribution >= 0.6 is 24.4 Å². The Morgan fingerprint density at radius 1 is 0.741 bits per heavy atom. The second-order valence-electron chi connectivity index (χ2n) is 6.58. The number of carbonyl (C=O) groups excluding carboxylic acids is 2. The second kappa shape index (κ2) is 9.18. The van der Waals surface area contributed by atoms with Gasteiger partial charge < -0.3 is 9.80 Å². The van der Waals surface area contributed by atoms with E-state index in [1.807, 2.05) is 9.80 Å². The monoisotopic (exact) mass is 410 g/mol. The molecule has 27 heavy (non-hydrogen) atoms. The van der Waals surface area contributed by atoms with Gasteiger partial charge in [0.25, 0.3) is 11.8 Å². The van der Waals surface area contributed by atoms with Crippen LogP contribution in [-0.4, -0.2) is 68.1 Å². The first-order chi connectivity index (χ1) is 13.1. The highest BCUT2D eigenvalue weighted by Crippen LogP contribution is 2.18. The maximum Gasteiger partial charge on any atom is 0.284 e. The van der Waals surface area contributed by atoms with E-state index in [9.17, 15) is 9.59 Å². The van der Waals surface area contributed by atoms with Gasteiger partial charge in [-0.1, -0.05) is 24.4 Å². The zero-order valence-electron chi connectivity index (χ0n) is 14.9. The molecule has 3 rings (SSSR count). The average Bonchev–Trinajstić information content (AvgIpc) is 3.14. The van der Waals surface area contributed by atoms with Crippen molar-refractivity contribution in [2.24, 2.45) is 0 Å². The highest BCUT2D eigenvalue weighted by Gasteiger charge is 2.25. The Labute approximate surface area is 167 Å². The smallest absolute Gasteiger partial charge is 0.284 e. The van der Waals surface area contributed by atoms with Gasteiger partial charge in [0.1, 0.15) is 0 Å². The molecule has 2 N–H and O–H groups in total. The van der Waals surface area contributed by atoms with Crippen LogP contribution in [0.15, 0.2) is 4.63 Å². The van der Waals surface area contributed by atoms with Gasteiger partial charge >= 0.3 is 0 Å². The van der Waals surface area contributed by atoms with Gasteiger partial charge in [-0.2, -0.15) is 0 Å². The molecular weight excluding hydrogens is 388 g/mol. The fourth-order valence-corrected chi connectivity index (χ4v) is 3.62. The number of piperidine rings is 2. The van der Waals surface area contributed by atoms with Crippen molar-refractivity contribution >= 4 is 57.9 Å². The van der Waals surface area contributed by atoms with Crippen LogP contribution in [0.25, 0.3) is 0 Å². The van der Waals surface area contributed by atoms with Gasteiger partial charge in [0.15, 0.2) is 9.98 Å². The summed E-state index contributed by atoms with van der Waals surface area (Å²) in [4.78, 5) is 28.9. The number of likely N-dealkylation sites (tertiary alicyclic amines) is 2. The standard InChI is InChI=1S/C16H22N6O3S2/c23-13(15(26)21-7-3-1-4-8-21)17-11-12(20-25-19-11)18-14(24)16(27)22-9-5-2-6-10-22/h1-10H2,(H,17,19,23)(H,18,20,24). The lowest BCUT2D eigenvalue weighted by molar-refractivity contribution is -0.111. The molecule has 146 valence electrons. The number of nitrogens with one attached hydrogen (secondary N) is 2. The van der Waals surface area contributed by atoms with Crippen molar-refractivity contribution in [3.05, 3.63) is 0 Å². The average molecular weight is 411 g/mol. The third-order valence-electron chi connectivity index (χ3n) is 4.63. The van der Waals surface area contributed by atoms with Crippen molar-refractivity contribution in [3.63, 3.8) is 0 Å². The molecule has 2 aliphatic rings. The van der Waals surface area contributed by atoms with Crippen LogP contribution in [-0.2, 0) is 9.59 Å². The number of hydrogen-bond acceptors (Lipinski definition) is 7. The Kier molecular flexibility index (Phi) is 6.67. The van der Waals surface area contributed by atoms with E-state index >= 15 is 0 Å². The molecule has 2 fully saturated rings. The van der Waals surface area contributed by atoms with E-state index in [2.05, 4.69) is 25.6 Å². The molecule has 2 amide bonds. The van der Waals surface area contributed by atoms with E-state index in [4.69, 9.17) is 24.4 Å². The zero-order chi connectivity index (χ0) is 19.2. The Bertz CT molecular complexity index is 667. The molecule has 0 aliphatic carbocycles. The molecule has 9 nitrogen and oxygen atoms in total. The third-order valence-corrected chi connectivity index (χ3v) is 5.51. The van der Waals surface area contributed by atoms with Gasteiger partial charge in [-0.3, -0.25) is 20.2 Å². The van der Waals surface area contributed by atoms with Gasteiger partial charge in [-0.15, -0.1) is 0 Å². The maximum atomic E-state index is 12.4. The molecule has 0 spiro atoms. The van der Waals surface area contributed by atoms with E-state index in [-0.39, 0.29) is 21.6 Å². The van der Waals surface area contributed by atoms with Crippen LogP contribution in [0.1, 0.15) is 38.5 Å². The molecule has 2 saturated heterocycles. The Morgan fingerprint density at radius 3 is 1.48 bits per heavy atom. The van der Waals surface area contributed by atoms with Crippen LogP contribution in [0.4, 0.5) is 11.6 Å². The first kappa shape index (κ1) is 19.6. The van der Waals surface area contributed by atoms with Crippen molar-refractivity contribution < 1.29 is 14.2 Å². The normalized spacial score (nSPS) is 17.3. The SMILES string of the molecule is O=C(Nc1nonc1NC(=O)C(=S)N1CCCCC1)C(=S)N1CCCCC1. The number of hydrogen-bond donors (Lipinski definition) is 2. The summed E-state index contributed by atoms with van der Waals surface area (Å²) in [5.74, 6) is -0.934. The quantitative estimate of drug-likeness (QED) is 0.703. The Balaban J connectivity index is 1.58. The van der Waals surface area contributed by atoms with Crippen molar-refractivity contribution in [2.45, 2.75) is 38.5 Å². The largest absolute Gasteiger partial charge is 0.358 e. The highest BCUT2D eigenvalue weighted by molar-refractivity contribution is 7.82. The Morgan fingerprint density at radius 2 is 1.11 bits per heavy atom. The van der Waals surface area contributed by atoms with E-state index < -0.39 is 11.8 Å². The number of aromatic nitrogens is 2. The predicted molar refractivity (Wildman–Crippen MR) is 108 cm³/mol. The van der Waals surface area contributed by atoms with Crippen molar-refractivity contribution in [1.29, 1.82) is 0 Å². The number of amides is 2. The molecule has 1 aromatic heterocycles. The summed E-state index contributed by atoms with van der Waals surface area (Å²) in [5.41, 5.74) is 0. The van der Waals surface area contributed by atoms with Gasteiger partial charge in [0.05, 0.1) is 0 Å². The first-order valence-corrected chi connectivity index (χ1v) is 9.91. The lowest BCUT2D eigenvalue weighted by Crippen LogP contribution is -2.42. The number of nitrogens with zero attached hydrogens (tertiary/aromatic N) is 4. The zero-order valence-corrected chi connectivity index (χ0v) is 16.5. The summed E-state index contributed by atoms with van der Waals surface area (Å²) in [7, 11) is 0. The molecule has 0 aromatic carbocycles. The van der Waals surface area contributed by atoms with E-state index in [1.165, 1.54) is 0 Å². The molecular formula is C16H22N6O3S2. The number of carbonyl (C=O) groups is 2. The van der Waals surface area contributed by atoms with Crippen molar-refractivity contribution in [1.82, 2.24) is 20.1 Å². The van der Waals surface area contributed by atoms with Crippen LogP contribution in [0.5, 0.6) is 0 Å². The van der Waals surface area contributed by atoms with E-state index in [1.54, 1.807) is 0 Å². The molecule has 2 aliphatic heterocycles. The minimum absolute atomic E-state index is 0.00848. The summed E-state index contributed by atoms with van der Waals surface area (Å²) in [6.45, 7) is 3.04. The minimum Gasteiger partial charge on any atom is -0.358 e. The summed E-state index contributed by atoms with van der Waals surface area (Å²) >= 11 is 10.5. The third kappa shape index (κ3) is 4.98. The molecule has 0 saturated carbocycles. The van der Waals surface area contributed by atoms with Crippen LogP contribution in [0.3, 0.4) is 0 Å². The number of thiocarbonyl (C=S) groups is 2. The van der Waals surface area contributed by atoms with Crippen LogP contribution in [0.2, 0.25) is 0 Å². The number of rotatable bonds is 2. The predicted octanol–water partition coefficient (Wildman–Crippen LogP) is 1.57.